The molecular weight excluding hydrogens is 459 g/mol. The number of guanidine groups is 1. The van der Waals surface area contributed by atoms with Crippen LogP contribution in [0.2, 0.25) is 0 Å². The first-order chi connectivity index (χ1) is 12.4. The number of ether oxygens (including phenoxy) is 2. The fraction of sp³-hybridized carbons (Fsp3) is 0.579. The molecule has 0 aliphatic heterocycles. The van der Waals surface area contributed by atoms with Crippen molar-refractivity contribution in [3.63, 3.8) is 0 Å². The van der Waals surface area contributed by atoms with Gasteiger partial charge in [-0.05, 0) is 33.8 Å². The number of hydrogen-bond donors (Lipinski definition) is 3. The van der Waals surface area contributed by atoms with E-state index >= 15 is 0 Å². The second kappa shape index (κ2) is 13.6. The van der Waals surface area contributed by atoms with Gasteiger partial charge in [0.1, 0.15) is 12.3 Å². The molecule has 0 aliphatic carbocycles. The maximum atomic E-state index is 11.9. The summed E-state index contributed by atoms with van der Waals surface area (Å²) in [6.45, 7) is 10.2. The predicted molar refractivity (Wildman–Crippen MR) is 120 cm³/mol. The van der Waals surface area contributed by atoms with Crippen LogP contribution in [0.25, 0.3) is 0 Å². The average Bonchev–Trinajstić information content (AvgIpc) is 2.58. The van der Waals surface area contributed by atoms with Crippen molar-refractivity contribution in [3.05, 3.63) is 29.8 Å². The number of halogens is 1. The Kier molecular flexibility index (Phi) is 12.8. The summed E-state index contributed by atoms with van der Waals surface area (Å²) >= 11 is 0. The Bertz CT molecular complexity index is 589. The minimum absolute atomic E-state index is 0. The number of amides is 1. The molecule has 1 aromatic carbocycles. The molecule has 1 rings (SSSR count). The topological polar surface area (TPSA) is 84.0 Å². The van der Waals surface area contributed by atoms with Crippen LogP contribution in [0.3, 0.4) is 0 Å². The van der Waals surface area contributed by atoms with E-state index < -0.39 is 0 Å². The second-order valence-electron chi connectivity index (χ2n) is 6.78. The van der Waals surface area contributed by atoms with Gasteiger partial charge < -0.3 is 25.4 Å². The largest absolute Gasteiger partial charge is 0.496 e. The number of methoxy groups -OCH3 is 1. The highest BCUT2D eigenvalue weighted by Gasteiger charge is 2.13. The summed E-state index contributed by atoms with van der Waals surface area (Å²) in [5, 5.41) is 9.15. The Balaban J connectivity index is 0.00000676. The number of nitrogens with zero attached hydrogens (tertiary/aromatic N) is 1. The molecule has 0 spiro atoms. The van der Waals surface area contributed by atoms with Gasteiger partial charge in [-0.25, -0.2) is 4.99 Å². The molecule has 0 aromatic heterocycles. The zero-order valence-corrected chi connectivity index (χ0v) is 19.3. The minimum Gasteiger partial charge on any atom is -0.496 e. The van der Waals surface area contributed by atoms with Crippen LogP contribution in [0.1, 0.15) is 33.3 Å². The zero-order chi connectivity index (χ0) is 19.4. The maximum Gasteiger partial charge on any atom is 0.242 e. The predicted octanol–water partition coefficient (Wildman–Crippen LogP) is 2.30. The normalized spacial score (nSPS) is 11.4. The highest BCUT2D eigenvalue weighted by Crippen LogP contribution is 2.17. The molecule has 154 valence electrons. The number of para-hydroxylation sites is 1. The molecule has 0 saturated carbocycles. The van der Waals surface area contributed by atoms with Crippen molar-refractivity contribution in [1.82, 2.24) is 16.0 Å². The van der Waals surface area contributed by atoms with Crippen LogP contribution in [-0.2, 0) is 16.1 Å². The van der Waals surface area contributed by atoms with Crippen molar-refractivity contribution in [2.75, 3.05) is 33.4 Å². The van der Waals surface area contributed by atoms with Crippen molar-refractivity contribution in [2.24, 2.45) is 4.99 Å². The van der Waals surface area contributed by atoms with Crippen LogP contribution in [-0.4, -0.2) is 50.8 Å². The number of aliphatic imine (C=N–C) groups is 1. The smallest absolute Gasteiger partial charge is 0.242 e. The lowest BCUT2D eigenvalue weighted by Crippen LogP contribution is -2.43. The summed E-state index contributed by atoms with van der Waals surface area (Å²) in [4.78, 5) is 16.1. The van der Waals surface area contributed by atoms with Crippen molar-refractivity contribution >= 4 is 35.8 Å². The number of nitrogens with one attached hydrogen (secondary N) is 3. The van der Waals surface area contributed by atoms with Crippen LogP contribution in [0, 0.1) is 0 Å². The van der Waals surface area contributed by atoms with E-state index in [1.165, 1.54) is 0 Å². The third-order valence-corrected chi connectivity index (χ3v) is 3.23. The number of carbonyl (C=O) groups is 1. The van der Waals surface area contributed by atoms with Crippen molar-refractivity contribution in [3.8, 4) is 5.75 Å². The molecule has 0 aliphatic rings. The first-order valence-electron chi connectivity index (χ1n) is 8.88. The minimum atomic E-state index is -0.259. The van der Waals surface area contributed by atoms with Gasteiger partial charge in [-0.15, -0.1) is 24.0 Å². The first kappa shape index (κ1) is 25.4. The lowest BCUT2D eigenvalue weighted by Gasteiger charge is -2.20. The number of rotatable bonds is 9. The van der Waals surface area contributed by atoms with Crippen LogP contribution in [0.5, 0.6) is 5.75 Å². The highest BCUT2D eigenvalue weighted by atomic mass is 127. The fourth-order valence-corrected chi connectivity index (χ4v) is 2.20. The molecule has 0 heterocycles. The van der Waals surface area contributed by atoms with Gasteiger partial charge in [0.15, 0.2) is 5.96 Å². The summed E-state index contributed by atoms with van der Waals surface area (Å²) in [5.74, 6) is 1.31. The standard InChI is InChI=1S/C19H32N4O3.HI/c1-6-20-18(22-13-17(24)23-19(2,3)4)21-11-12-26-14-15-9-7-8-10-16(15)25-5;/h7-10H,6,11-14H2,1-5H3,(H,23,24)(H2,20,21,22);1H. The molecule has 0 bridgehead atoms. The Morgan fingerprint density at radius 1 is 1.19 bits per heavy atom. The SMILES string of the molecule is CCNC(=NCC(=O)NC(C)(C)C)NCCOCc1ccccc1OC.I. The summed E-state index contributed by atoms with van der Waals surface area (Å²) in [6.07, 6.45) is 0. The van der Waals surface area contributed by atoms with Crippen molar-refractivity contribution in [1.29, 1.82) is 0 Å². The Labute approximate surface area is 179 Å². The van der Waals surface area contributed by atoms with Crippen LogP contribution < -0.4 is 20.7 Å². The molecule has 3 N–H and O–H groups in total. The van der Waals surface area contributed by atoms with E-state index in [2.05, 4.69) is 20.9 Å². The van der Waals surface area contributed by atoms with Crippen molar-refractivity contribution in [2.45, 2.75) is 39.8 Å². The zero-order valence-electron chi connectivity index (χ0n) is 16.9. The summed E-state index contributed by atoms with van der Waals surface area (Å²) in [6, 6.07) is 7.78. The van der Waals surface area contributed by atoms with Gasteiger partial charge in [-0.2, -0.15) is 0 Å². The lowest BCUT2D eigenvalue weighted by atomic mass is 10.1. The van der Waals surface area contributed by atoms with Gasteiger partial charge in [0.2, 0.25) is 5.91 Å². The molecular formula is C19H33IN4O3. The molecule has 1 aromatic rings. The van der Waals surface area contributed by atoms with E-state index in [1.807, 2.05) is 52.0 Å². The van der Waals surface area contributed by atoms with E-state index in [4.69, 9.17) is 9.47 Å². The molecule has 0 radical (unpaired) electrons. The van der Waals surface area contributed by atoms with Gasteiger partial charge in [0.25, 0.3) is 0 Å². The van der Waals surface area contributed by atoms with Gasteiger partial charge >= 0.3 is 0 Å². The Morgan fingerprint density at radius 3 is 2.52 bits per heavy atom. The lowest BCUT2D eigenvalue weighted by molar-refractivity contribution is -0.121. The monoisotopic (exact) mass is 492 g/mol. The van der Waals surface area contributed by atoms with Crippen LogP contribution in [0.15, 0.2) is 29.3 Å². The van der Waals surface area contributed by atoms with E-state index in [1.54, 1.807) is 7.11 Å². The van der Waals surface area contributed by atoms with Crippen molar-refractivity contribution < 1.29 is 14.3 Å². The van der Waals surface area contributed by atoms with Crippen LogP contribution >= 0.6 is 24.0 Å². The number of hydrogen-bond acceptors (Lipinski definition) is 4. The number of carbonyl (C=O) groups excluding carboxylic acids is 1. The quantitative estimate of drug-likeness (QED) is 0.213. The number of benzene rings is 1. The van der Waals surface area contributed by atoms with E-state index in [9.17, 15) is 4.79 Å². The molecule has 0 atom stereocenters. The second-order valence-corrected chi connectivity index (χ2v) is 6.78. The molecule has 0 unspecified atom stereocenters. The summed E-state index contributed by atoms with van der Waals surface area (Å²) < 4.78 is 11.0. The molecule has 7 nitrogen and oxygen atoms in total. The van der Waals surface area contributed by atoms with E-state index in [0.29, 0.717) is 25.7 Å². The summed E-state index contributed by atoms with van der Waals surface area (Å²) in [7, 11) is 1.65. The highest BCUT2D eigenvalue weighted by molar-refractivity contribution is 14.0. The Morgan fingerprint density at radius 2 is 1.89 bits per heavy atom. The average molecular weight is 492 g/mol. The van der Waals surface area contributed by atoms with E-state index in [-0.39, 0.29) is 42.0 Å². The third kappa shape index (κ3) is 11.7. The molecule has 1 amide bonds. The van der Waals surface area contributed by atoms with E-state index in [0.717, 1.165) is 17.9 Å². The van der Waals surface area contributed by atoms with Gasteiger partial charge in [-0.3, -0.25) is 4.79 Å². The fourth-order valence-electron chi connectivity index (χ4n) is 2.20. The Hall–Kier alpha value is -1.55. The molecule has 0 saturated heterocycles. The maximum absolute atomic E-state index is 11.9. The van der Waals surface area contributed by atoms with Gasteiger partial charge in [0, 0.05) is 24.2 Å². The van der Waals surface area contributed by atoms with Crippen LogP contribution in [0.4, 0.5) is 0 Å². The van der Waals surface area contributed by atoms with Gasteiger partial charge in [0.05, 0.1) is 20.3 Å². The molecule has 0 fully saturated rings. The first-order valence-corrected chi connectivity index (χ1v) is 8.88. The summed E-state index contributed by atoms with van der Waals surface area (Å²) in [5.41, 5.74) is 0.750. The van der Waals surface area contributed by atoms with Gasteiger partial charge in [-0.1, -0.05) is 18.2 Å². The molecule has 27 heavy (non-hydrogen) atoms. The molecule has 8 heteroatoms. The third-order valence-electron chi connectivity index (χ3n) is 3.23.